The first-order valence-electron chi connectivity index (χ1n) is 3.63. The second-order valence-corrected chi connectivity index (χ2v) is 5.87. The Morgan fingerprint density at radius 2 is 2.00 bits per heavy atom. The highest BCUT2D eigenvalue weighted by atomic mass is 32.3. The van der Waals surface area contributed by atoms with Crippen molar-refractivity contribution in [2.24, 2.45) is 0 Å². The third-order valence-corrected chi connectivity index (χ3v) is 5.39. The van der Waals surface area contributed by atoms with E-state index in [1.807, 2.05) is 0 Å². The predicted molar refractivity (Wildman–Crippen MR) is 42.6 cm³/mol. The van der Waals surface area contributed by atoms with Gasteiger partial charge in [-0.1, -0.05) is 0 Å². The minimum atomic E-state index is -2.21. The zero-order valence-electron chi connectivity index (χ0n) is 5.84. The molecular weight excluding hydrogens is 150 g/mol. The fourth-order valence-electron chi connectivity index (χ4n) is 1.79. The van der Waals surface area contributed by atoms with E-state index in [2.05, 4.69) is 5.32 Å². The highest BCUT2D eigenvalue weighted by Gasteiger charge is 2.51. The van der Waals surface area contributed by atoms with E-state index in [-0.39, 0.29) is 4.75 Å². The van der Waals surface area contributed by atoms with Crippen molar-refractivity contribution < 1.29 is 9.11 Å². The monoisotopic (exact) mass is 163 g/mol. The van der Waals surface area contributed by atoms with Crippen LogP contribution in [0.5, 0.6) is 0 Å². The summed E-state index contributed by atoms with van der Waals surface area (Å²) in [5.41, 5.74) is 0. The van der Waals surface area contributed by atoms with Crippen LogP contribution in [0.3, 0.4) is 0 Å². The van der Waals surface area contributed by atoms with Crippen molar-refractivity contribution in [1.29, 1.82) is 0 Å². The van der Waals surface area contributed by atoms with Crippen LogP contribution in [0.4, 0.5) is 0 Å². The van der Waals surface area contributed by atoms with Crippen molar-refractivity contribution in [1.82, 2.24) is 5.32 Å². The van der Waals surface area contributed by atoms with Crippen LogP contribution >= 0.6 is 10.6 Å². The van der Waals surface area contributed by atoms with E-state index in [0.717, 1.165) is 25.9 Å². The van der Waals surface area contributed by atoms with Crippen LogP contribution in [0, 0.1) is 0 Å². The molecule has 0 bridgehead atoms. The largest absolute Gasteiger partial charge is 0.312 e. The van der Waals surface area contributed by atoms with Gasteiger partial charge in [-0.2, -0.15) is 10.6 Å². The van der Waals surface area contributed by atoms with E-state index in [4.69, 9.17) is 0 Å². The number of hydrogen-bond donors (Lipinski definition) is 3. The lowest BCUT2D eigenvalue weighted by Crippen LogP contribution is -2.59. The quantitative estimate of drug-likeness (QED) is 0.496. The van der Waals surface area contributed by atoms with Crippen LogP contribution < -0.4 is 5.32 Å². The molecule has 2 saturated heterocycles. The lowest BCUT2D eigenvalue weighted by Gasteiger charge is -2.51. The van der Waals surface area contributed by atoms with Crippen molar-refractivity contribution in [2.45, 2.75) is 17.6 Å². The minimum absolute atomic E-state index is 0.104. The number of hydrogen-bond acceptors (Lipinski definition) is 3. The van der Waals surface area contributed by atoms with Crippen molar-refractivity contribution in [3.63, 3.8) is 0 Å². The summed E-state index contributed by atoms with van der Waals surface area (Å²) in [4.78, 5) is 0. The van der Waals surface area contributed by atoms with Gasteiger partial charge in [-0.25, -0.2) is 0 Å². The standard InChI is InChI=1S/C6H13NO2S/c8-10(9)3-1-2-6(10)4-7-5-6/h7-9H,1-5H2. The molecule has 2 aliphatic heterocycles. The molecule has 60 valence electrons. The van der Waals surface area contributed by atoms with E-state index in [0.29, 0.717) is 5.75 Å². The Bertz CT molecular complexity index is 156. The van der Waals surface area contributed by atoms with Gasteiger partial charge in [-0.3, -0.25) is 9.11 Å². The Morgan fingerprint density at radius 1 is 1.30 bits per heavy atom. The molecule has 2 heterocycles. The smallest absolute Gasteiger partial charge is 0.0842 e. The fourth-order valence-corrected chi connectivity index (χ4v) is 3.90. The van der Waals surface area contributed by atoms with E-state index in [1.54, 1.807) is 0 Å². The Morgan fingerprint density at radius 3 is 2.20 bits per heavy atom. The number of nitrogens with one attached hydrogen (secondary N) is 1. The van der Waals surface area contributed by atoms with Crippen molar-refractivity contribution >= 4 is 10.6 Å². The molecule has 10 heavy (non-hydrogen) atoms. The molecule has 2 aliphatic rings. The third kappa shape index (κ3) is 0.676. The summed E-state index contributed by atoms with van der Waals surface area (Å²) in [6.07, 6.45) is 1.99. The molecule has 0 atom stereocenters. The SMILES string of the molecule is OS1(O)CCCC12CNC2. The topological polar surface area (TPSA) is 52.5 Å². The summed E-state index contributed by atoms with van der Waals surface area (Å²) in [5, 5.41) is 3.10. The van der Waals surface area contributed by atoms with Gasteiger partial charge in [0, 0.05) is 18.8 Å². The minimum Gasteiger partial charge on any atom is -0.312 e. The fraction of sp³-hybridized carbons (Fsp3) is 1.00. The first kappa shape index (κ1) is 6.91. The summed E-state index contributed by atoms with van der Waals surface area (Å²) in [6.45, 7) is 1.63. The van der Waals surface area contributed by atoms with Gasteiger partial charge in [-0.05, 0) is 12.8 Å². The van der Waals surface area contributed by atoms with Gasteiger partial charge in [0.05, 0.1) is 4.75 Å². The van der Waals surface area contributed by atoms with Crippen LogP contribution in [0.15, 0.2) is 0 Å². The maximum Gasteiger partial charge on any atom is 0.0842 e. The lowest BCUT2D eigenvalue weighted by molar-refractivity contribution is 0.334. The Hall–Kier alpha value is 0.230. The molecule has 4 heteroatoms. The first-order chi connectivity index (χ1) is 4.66. The first-order valence-corrected chi connectivity index (χ1v) is 5.34. The highest BCUT2D eigenvalue weighted by molar-refractivity contribution is 8.25. The van der Waals surface area contributed by atoms with Gasteiger partial charge in [0.1, 0.15) is 0 Å². The molecule has 0 unspecified atom stereocenters. The molecule has 0 aromatic heterocycles. The van der Waals surface area contributed by atoms with Crippen LogP contribution in [0.25, 0.3) is 0 Å². The molecule has 3 N–H and O–H groups in total. The van der Waals surface area contributed by atoms with Crippen molar-refractivity contribution in [3.05, 3.63) is 0 Å². The summed E-state index contributed by atoms with van der Waals surface area (Å²) in [6, 6.07) is 0. The second-order valence-electron chi connectivity index (χ2n) is 3.26. The maximum absolute atomic E-state index is 9.56. The Labute approximate surface area is 62.2 Å². The van der Waals surface area contributed by atoms with E-state index in [9.17, 15) is 9.11 Å². The molecule has 2 rings (SSSR count). The molecule has 0 amide bonds. The summed E-state index contributed by atoms with van der Waals surface area (Å²) >= 11 is 0. The van der Waals surface area contributed by atoms with E-state index in [1.165, 1.54) is 0 Å². The average Bonchev–Trinajstić information content (AvgIpc) is 2.02. The zero-order valence-corrected chi connectivity index (χ0v) is 6.65. The van der Waals surface area contributed by atoms with Crippen molar-refractivity contribution in [2.75, 3.05) is 18.8 Å². The molecular formula is C6H13NO2S. The molecule has 0 radical (unpaired) electrons. The molecule has 2 fully saturated rings. The third-order valence-electron chi connectivity index (χ3n) is 2.65. The van der Waals surface area contributed by atoms with Gasteiger partial charge >= 0.3 is 0 Å². The van der Waals surface area contributed by atoms with E-state index < -0.39 is 10.6 Å². The van der Waals surface area contributed by atoms with Crippen LogP contribution in [0.1, 0.15) is 12.8 Å². The van der Waals surface area contributed by atoms with Gasteiger partial charge in [0.15, 0.2) is 0 Å². The maximum atomic E-state index is 9.56. The Balaban J connectivity index is 2.20. The van der Waals surface area contributed by atoms with Crippen molar-refractivity contribution in [3.8, 4) is 0 Å². The highest BCUT2D eigenvalue weighted by Crippen LogP contribution is 2.61. The zero-order chi connectivity index (χ0) is 7.24. The predicted octanol–water partition coefficient (Wildman–Crippen LogP) is 0.873. The Kier molecular flexibility index (Phi) is 1.30. The molecule has 0 aliphatic carbocycles. The van der Waals surface area contributed by atoms with Gasteiger partial charge in [-0.15, -0.1) is 0 Å². The van der Waals surface area contributed by atoms with E-state index >= 15 is 0 Å². The molecule has 0 saturated carbocycles. The molecule has 0 aromatic rings. The average molecular weight is 163 g/mol. The lowest BCUT2D eigenvalue weighted by atomic mass is 9.97. The van der Waals surface area contributed by atoms with Crippen LogP contribution in [-0.4, -0.2) is 32.7 Å². The molecule has 3 nitrogen and oxygen atoms in total. The van der Waals surface area contributed by atoms with Gasteiger partial charge < -0.3 is 5.32 Å². The molecule has 0 aromatic carbocycles. The molecule has 1 spiro atoms. The summed E-state index contributed by atoms with van der Waals surface area (Å²) < 4.78 is 19.0. The summed E-state index contributed by atoms with van der Waals surface area (Å²) in [5.74, 6) is 0.634. The van der Waals surface area contributed by atoms with Crippen LogP contribution in [0.2, 0.25) is 0 Å². The van der Waals surface area contributed by atoms with Gasteiger partial charge in [0.25, 0.3) is 0 Å². The normalized spacial score (nSPS) is 37.4. The summed E-state index contributed by atoms with van der Waals surface area (Å²) in [7, 11) is -2.21. The number of rotatable bonds is 0. The van der Waals surface area contributed by atoms with Gasteiger partial charge in [0.2, 0.25) is 0 Å². The second kappa shape index (κ2) is 1.88. The van der Waals surface area contributed by atoms with Crippen LogP contribution in [-0.2, 0) is 0 Å².